The lowest BCUT2D eigenvalue weighted by atomic mass is 10.1. The molecule has 3 aromatic carbocycles. The van der Waals surface area contributed by atoms with Crippen LogP contribution in [0.4, 0.5) is 0 Å². The van der Waals surface area contributed by atoms with Crippen LogP contribution in [0, 0.1) is 6.92 Å². The van der Waals surface area contributed by atoms with Crippen molar-refractivity contribution in [1.82, 2.24) is 14.6 Å². The number of aryl methyl sites for hydroxylation is 1. The molecule has 0 unspecified atom stereocenters. The fourth-order valence-electron chi connectivity index (χ4n) is 3.27. The van der Waals surface area contributed by atoms with Gasteiger partial charge < -0.3 is 0 Å². The largest absolute Gasteiger partial charge is 0.243 e. The fourth-order valence-corrected chi connectivity index (χ4v) is 3.27. The summed E-state index contributed by atoms with van der Waals surface area (Å²) in [4.78, 5) is 9.63. The third-order valence-corrected chi connectivity index (χ3v) is 4.75. The lowest BCUT2D eigenvalue weighted by Crippen LogP contribution is -1.96. The Bertz CT molecular complexity index is 1300. The third-order valence-electron chi connectivity index (χ3n) is 4.75. The predicted molar refractivity (Wildman–Crippen MR) is 115 cm³/mol. The highest BCUT2D eigenvalue weighted by atomic mass is 15.4. The van der Waals surface area contributed by atoms with Crippen molar-refractivity contribution >= 4 is 28.4 Å². The van der Waals surface area contributed by atoms with Gasteiger partial charge in [0.2, 0.25) is 0 Å². The van der Waals surface area contributed by atoms with Crippen LogP contribution in [0.2, 0.25) is 0 Å². The zero-order chi connectivity index (χ0) is 18.9. The normalized spacial score (nSPS) is 11.6. The molecule has 5 aromatic rings. The van der Waals surface area contributed by atoms with Crippen molar-refractivity contribution in [2.75, 3.05) is 0 Å². The topological polar surface area (TPSA) is 43.1 Å². The molecule has 0 aliphatic heterocycles. The number of fused-ring (bicyclic) bond motifs is 2. The van der Waals surface area contributed by atoms with Gasteiger partial charge in [-0.25, -0.2) is 14.6 Å². The number of para-hydroxylation sites is 2. The first kappa shape index (κ1) is 16.4. The molecule has 0 radical (unpaired) electrons. The molecule has 0 saturated carbocycles. The highest BCUT2D eigenvalue weighted by Crippen LogP contribution is 2.27. The van der Waals surface area contributed by atoms with Crippen LogP contribution in [0.25, 0.3) is 33.5 Å². The summed E-state index contributed by atoms with van der Waals surface area (Å²) in [7, 11) is 0. The highest BCUT2D eigenvalue weighted by Gasteiger charge is 2.13. The fraction of sp³-hybridized carbons (Fsp3) is 0.0417. The first-order chi connectivity index (χ1) is 13.8. The van der Waals surface area contributed by atoms with Crippen LogP contribution in [-0.2, 0) is 0 Å². The van der Waals surface area contributed by atoms with Gasteiger partial charge in [0.15, 0.2) is 5.65 Å². The van der Waals surface area contributed by atoms with Gasteiger partial charge in [0.25, 0.3) is 0 Å². The summed E-state index contributed by atoms with van der Waals surface area (Å²) >= 11 is 0. The minimum Gasteiger partial charge on any atom is -0.243 e. The standard InChI is InChI=1S/C24H18N4/c1-17-11-13-18(14-12-17)16-25-28-23(19-7-3-2-4-8-19)15-22-24(28)27-21-10-6-5-9-20(21)26-22/h2-16H,1H3/b25-16+. The van der Waals surface area contributed by atoms with Crippen molar-refractivity contribution in [2.45, 2.75) is 6.92 Å². The quantitative estimate of drug-likeness (QED) is 0.401. The van der Waals surface area contributed by atoms with E-state index in [0.717, 1.165) is 39.0 Å². The van der Waals surface area contributed by atoms with Crippen molar-refractivity contribution < 1.29 is 0 Å². The maximum atomic E-state index is 4.84. The molecule has 0 bridgehead atoms. The second-order valence-corrected chi connectivity index (χ2v) is 6.78. The molecule has 28 heavy (non-hydrogen) atoms. The van der Waals surface area contributed by atoms with Crippen LogP contribution < -0.4 is 0 Å². The maximum absolute atomic E-state index is 4.84. The van der Waals surface area contributed by atoms with Crippen molar-refractivity contribution in [3.05, 3.63) is 96.1 Å². The van der Waals surface area contributed by atoms with Crippen molar-refractivity contribution in [3.63, 3.8) is 0 Å². The van der Waals surface area contributed by atoms with Gasteiger partial charge in [-0.1, -0.05) is 72.3 Å². The first-order valence-corrected chi connectivity index (χ1v) is 9.23. The zero-order valence-corrected chi connectivity index (χ0v) is 15.4. The zero-order valence-electron chi connectivity index (χ0n) is 15.4. The van der Waals surface area contributed by atoms with Crippen molar-refractivity contribution in [3.8, 4) is 11.3 Å². The van der Waals surface area contributed by atoms with Gasteiger partial charge in [0, 0.05) is 5.56 Å². The molecule has 0 atom stereocenters. The SMILES string of the molecule is Cc1ccc(/C=N/n2c(-c3ccccc3)cc3nc4ccccc4nc32)cc1. The molecule has 0 spiro atoms. The van der Waals surface area contributed by atoms with Crippen LogP contribution in [-0.4, -0.2) is 20.9 Å². The highest BCUT2D eigenvalue weighted by molar-refractivity contribution is 5.89. The van der Waals surface area contributed by atoms with E-state index < -0.39 is 0 Å². The van der Waals surface area contributed by atoms with Crippen LogP contribution in [0.3, 0.4) is 0 Å². The number of rotatable bonds is 3. The minimum atomic E-state index is 0.751. The Morgan fingerprint density at radius 2 is 1.43 bits per heavy atom. The number of aromatic nitrogens is 3. The van der Waals surface area contributed by atoms with Crippen molar-refractivity contribution in [1.29, 1.82) is 0 Å². The summed E-state index contributed by atoms with van der Waals surface area (Å²) < 4.78 is 1.88. The van der Waals surface area contributed by atoms with E-state index in [2.05, 4.69) is 49.4 Å². The van der Waals surface area contributed by atoms with E-state index in [0.29, 0.717) is 0 Å². The maximum Gasteiger partial charge on any atom is 0.180 e. The average molecular weight is 362 g/mol. The minimum absolute atomic E-state index is 0.751. The number of hydrogen-bond acceptors (Lipinski definition) is 3. The van der Waals surface area contributed by atoms with E-state index in [9.17, 15) is 0 Å². The smallest absolute Gasteiger partial charge is 0.180 e. The summed E-state index contributed by atoms with van der Waals surface area (Å²) in [5.74, 6) is 0. The molecule has 2 heterocycles. The molecular weight excluding hydrogens is 344 g/mol. The third kappa shape index (κ3) is 2.95. The van der Waals surface area contributed by atoms with E-state index in [1.807, 2.05) is 53.4 Å². The summed E-state index contributed by atoms with van der Waals surface area (Å²) in [6.45, 7) is 2.08. The Balaban J connectivity index is 1.73. The Morgan fingerprint density at radius 3 is 2.18 bits per heavy atom. The van der Waals surface area contributed by atoms with Gasteiger partial charge in [-0.15, -0.1) is 0 Å². The summed E-state index contributed by atoms with van der Waals surface area (Å²) in [5.41, 5.74) is 7.64. The van der Waals surface area contributed by atoms with E-state index in [1.54, 1.807) is 0 Å². The Hall–Kier alpha value is -3.79. The van der Waals surface area contributed by atoms with Crippen molar-refractivity contribution in [2.24, 2.45) is 5.10 Å². The Kier molecular flexibility index (Phi) is 3.95. The number of benzene rings is 3. The summed E-state index contributed by atoms with van der Waals surface area (Å²) in [6, 6.07) is 28.5. The number of hydrogen-bond donors (Lipinski definition) is 0. The Labute approximate surface area is 162 Å². The van der Waals surface area contributed by atoms with Gasteiger partial charge in [-0.3, -0.25) is 0 Å². The van der Waals surface area contributed by atoms with Gasteiger partial charge in [-0.2, -0.15) is 5.10 Å². The summed E-state index contributed by atoms with van der Waals surface area (Å²) in [6.07, 6.45) is 1.86. The molecule has 4 heteroatoms. The average Bonchev–Trinajstić information content (AvgIpc) is 3.09. The van der Waals surface area contributed by atoms with E-state index in [4.69, 9.17) is 15.1 Å². The Morgan fingerprint density at radius 1 is 0.750 bits per heavy atom. The summed E-state index contributed by atoms with van der Waals surface area (Å²) in [5, 5.41) is 4.77. The molecule has 2 aromatic heterocycles. The molecule has 0 N–H and O–H groups in total. The molecule has 0 amide bonds. The van der Waals surface area contributed by atoms with E-state index in [-0.39, 0.29) is 0 Å². The predicted octanol–water partition coefficient (Wildman–Crippen LogP) is 5.44. The number of nitrogens with zero attached hydrogens (tertiary/aromatic N) is 4. The van der Waals surface area contributed by atoms with Gasteiger partial charge >= 0.3 is 0 Å². The van der Waals surface area contributed by atoms with Crippen LogP contribution in [0.5, 0.6) is 0 Å². The van der Waals surface area contributed by atoms with Gasteiger partial charge in [0.05, 0.1) is 22.9 Å². The second kappa shape index (κ2) is 6.74. The molecule has 0 saturated heterocycles. The molecule has 0 fully saturated rings. The van der Waals surface area contributed by atoms with Gasteiger partial charge in [0.1, 0.15) is 5.52 Å². The molecule has 0 aliphatic carbocycles. The monoisotopic (exact) mass is 362 g/mol. The second-order valence-electron chi connectivity index (χ2n) is 6.78. The molecule has 0 aliphatic rings. The van der Waals surface area contributed by atoms with Crippen LogP contribution in [0.15, 0.2) is 90.0 Å². The van der Waals surface area contributed by atoms with E-state index in [1.165, 1.54) is 5.56 Å². The first-order valence-electron chi connectivity index (χ1n) is 9.23. The van der Waals surface area contributed by atoms with Gasteiger partial charge in [-0.05, 0) is 30.7 Å². The lowest BCUT2D eigenvalue weighted by Gasteiger charge is -2.05. The molecule has 4 nitrogen and oxygen atoms in total. The van der Waals surface area contributed by atoms with Crippen LogP contribution in [0.1, 0.15) is 11.1 Å². The van der Waals surface area contributed by atoms with Crippen LogP contribution >= 0.6 is 0 Å². The molecule has 134 valence electrons. The molecule has 5 rings (SSSR count). The molecular formula is C24H18N4. The van der Waals surface area contributed by atoms with E-state index >= 15 is 0 Å². The lowest BCUT2D eigenvalue weighted by molar-refractivity contribution is 0.926.